The summed E-state index contributed by atoms with van der Waals surface area (Å²) in [5.41, 5.74) is 4.65. The Balaban J connectivity index is 1.57. The first-order valence-corrected chi connectivity index (χ1v) is 8.62. The topological polar surface area (TPSA) is 91.0 Å². The Bertz CT molecular complexity index is 1020. The maximum atomic E-state index is 12.6. The molecule has 3 aromatic rings. The molecular weight excluding hydrogens is 330 g/mol. The first kappa shape index (κ1) is 16.3. The number of fused-ring (bicyclic) bond motifs is 2. The van der Waals surface area contributed by atoms with Gasteiger partial charge in [0.05, 0.1) is 11.9 Å². The van der Waals surface area contributed by atoms with Crippen LogP contribution < -0.4 is 10.2 Å². The van der Waals surface area contributed by atoms with Gasteiger partial charge in [-0.1, -0.05) is 6.92 Å². The summed E-state index contributed by atoms with van der Waals surface area (Å²) >= 11 is 0. The number of pyridine rings is 1. The van der Waals surface area contributed by atoms with E-state index in [4.69, 9.17) is 0 Å². The van der Waals surface area contributed by atoms with Crippen LogP contribution in [0.15, 0.2) is 30.5 Å². The van der Waals surface area contributed by atoms with Crippen molar-refractivity contribution in [1.29, 1.82) is 0 Å². The third kappa shape index (κ3) is 2.71. The monoisotopic (exact) mass is 349 g/mol. The van der Waals surface area contributed by atoms with Crippen molar-refractivity contribution in [3.63, 3.8) is 0 Å². The van der Waals surface area contributed by atoms with Gasteiger partial charge in [0.25, 0.3) is 5.91 Å². The predicted molar refractivity (Wildman–Crippen MR) is 99.4 cm³/mol. The molecule has 0 aliphatic carbocycles. The fourth-order valence-corrected chi connectivity index (χ4v) is 3.28. The lowest BCUT2D eigenvalue weighted by atomic mass is 10.1. The second kappa shape index (κ2) is 6.25. The summed E-state index contributed by atoms with van der Waals surface area (Å²) in [5, 5.41) is 10.7. The summed E-state index contributed by atoms with van der Waals surface area (Å²) in [6.07, 6.45) is 2.84. The predicted octanol–water partition coefficient (Wildman–Crippen LogP) is 2.82. The summed E-state index contributed by atoms with van der Waals surface area (Å²) in [7, 11) is 0. The molecule has 1 aliphatic rings. The molecule has 26 heavy (non-hydrogen) atoms. The van der Waals surface area contributed by atoms with E-state index in [1.54, 1.807) is 17.2 Å². The van der Waals surface area contributed by atoms with E-state index in [0.717, 1.165) is 28.8 Å². The molecule has 2 amide bonds. The highest BCUT2D eigenvalue weighted by molar-refractivity contribution is 6.06. The lowest BCUT2D eigenvalue weighted by molar-refractivity contribution is -0.118. The Labute approximate surface area is 150 Å². The number of carbonyl (C=O) groups is 2. The van der Waals surface area contributed by atoms with E-state index in [2.05, 4.69) is 20.5 Å². The molecule has 132 valence electrons. The van der Waals surface area contributed by atoms with Gasteiger partial charge >= 0.3 is 0 Å². The third-order valence-electron chi connectivity index (χ3n) is 4.70. The Morgan fingerprint density at radius 2 is 2.15 bits per heavy atom. The van der Waals surface area contributed by atoms with Crippen LogP contribution >= 0.6 is 0 Å². The Morgan fingerprint density at radius 3 is 2.96 bits per heavy atom. The van der Waals surface area contributed by atoms with E-state index in [0.29, 0.717) is 29.9 Å². The molecule has 0 bridgehead atoms. The van der Waals surface area contributed by atoms with Gasteiger partial charge in [-0.3, -0.25) is 14.7 Å². The molecule has 2 aromatic heterocycles. The van der Waals surface area contributed by atoms with E-state index in [1.807, 2.05) is 32.0 Å². The number of benzene rings is 1. The van der Waals surface area contributed by atoms with Crippen LogP contribution in [0.1, 0.15) is 35.0 Å². The number of aromatic nitrogens is 3. The molecule has 7 nitrogen and oxygen atoms in total. The van der Waals surface area contributed by atoms with Crippen LogP contribution in [0.2, 0.25) is 0 Å². The maximum Gasteiger partial charge on any atom is 0.255 e. The largest absolute Gasteiger partial charge is 0.321 e. The van der Waals surface area contributed by atoms with Crippen molar-refractivity contribution in [2.45, 2.75) is 26.7 Å². The summed E-state index contributed by atoms with van der Waals surface area (Å²) < 4.78 is 0. The number of nitrogens with one attached hydrogen (secondary N) is 2. The van der Waals surface area contributed by atoms with Crippen molar-refractivity contribution in [2.75, 3.05) is 16.8 Å². The molecule has 0 saturated heterocycles. The normalized spacial score (nSPS) is 13.1. The standard InChI is InChI=1S/C19H19N5O2/c1-3-17(25)24-7-6-12-8-13(4-5-16(12)24)19(26)21-14-9-15-11(2)22-23-18(15)20-10-14/h4-5,8-10H,3,6-7H2,1-2H3,(H,21,26)(H,20,22,23). The van der Waals surface area contributed by atoms with Crippen molar-refractivity contribution in [3.05, 3.63) is 47.3 Å². The van der Waals surface area contributed by atoms with Gasteiger partial charge < -0.3 is 10.2 Å². The van der Waals surface area contributed by atoms with Crippen LogP contribution in [0.25, 0.3) is 11.0 Å². The molecule has 1 aromatic carbocycles. The lowest BCUT2D eigenvalue weighted by Gasteiger charge is -2.16. The molecule has 3 heterocycles. The fourth-order valence-electron chi connectivity index (χ4n) is 3.28. The van der Waals surface area contributed by atoms with Crippen molar-refractivity contribution < 1.29 is 9.59 Å². The first-order valence-electron chi connectivity index (χ1n) is 8.62. The molecule has 0 saturated carbocycles. The average molecular weight is 349 g/mol. The molecule has 0 atom stereocenters. The van der Waals surface area contributed by atoms with Crippen LogP contribution in [0.3, 0.4) is 0 Å². The van der Waals surface area contributed by atoms with Crippen molar-refractivity contribution in [3.8, 4) is 0 Å². The highest BCUT2D eigenvalue weighted by atomic mass is 16.2. The summed E-state index contributed by atoms with van der Waals surface area (Å²) in [4.78, 5) is 30.6. The van der Waals surface area contributed by atoms with Crippen molar-refractivity contribution in [1.82, 2.24) is 15.2 Å². The first-order chi connectivity index (χ1) is 12.6. The van der Waals surface area contributed by atoms with Gasteiger partial charge in [0.1, 0.15) is 0 Å². The molecule has 1 aliphatic heterocycles. The number of rotatable bonds is 3. The Kier molecular flexibility index (Phi) is 3.91. The van der Waals surface area contributed by atoms with E-state index in [1.165, 1.54) is 0 Å². The second-order valence-electron chi connectivity index (χ2n) is 6.39. The number of amides is 2. The molecule has 0 spiro atoms. The van der Waals surface area contributed by atoms with E-state index < -0.39 is 0 Å². The van der Waals surface area contributed by atoms with Gasteiger partial charge in [-0.15, -0.1) is 0 Å². The molecular formula is C19H19N5O2. The van der Waals surface area contributed by atoms with E-state index in [9.17, 15) is 9.59 Å². The van der Waals surface area contributed by atoms with Gasteiger partial charge in [0, 0.05) is 35.3 Å². The molecule has 0 radical (unpaired) electrons. The Morgan fingerprint density at radius 1 is 1.31 bits per heavy atom. The highest BCUT2D eigenvalue weighted by Gasteiger charge is 2.24. The zero-order chi connectivity index (χ0) is 18.3. The van der Waals surface area contributed by atoms with Crippen LogP contribution in [0.5, 0.6) is 0 Å². The summed E-state index contributed by atoms with van der Waals surface area (Å²) in [6.45, 7) is 4.44. The number of H-pyrrole nitrogens is 1. The number of aromatic amines is 1. The van der Waals surface area contributed by atoms with Gasteiger partial charge in [-0.2, -0.15) is 5.10 Å². The van der Waals surface area contributed by atoms with Gasteiger partial charge in [-0.25, -0.2) is 4.98 Å². The molecule has 0 unspecified atom stereocenters. The van der Waals surface area contributed by atoms with E-state index >= 15 is 0 Å². The van der Waals surface area contributed by atoms with Gasteiger partial charge in [0.2, 0.25) is 5.91 Å². The number of aryl methyl sites for hydroxylation is 1. The number of hydrogen-bond donors (Lipinski definition) is 2. The highest BCUT2D eigenvalue weighted by Crippen LogP contribution is 2.29. The van der Waals surface area contributed by atoms with Crippen LogP contribution in [-0.4, -0.2) is 33.5 Å². The third-order valence-corrected chi connectivity index (χ3v) is 4.70. The quantitative estimate of drug-likeness (QED) is 0.761. The van der Waals surface area contributed by atoms with E-state index in [-0.39, 0.29) is 11.8 Å². The zero-order valence-corrected chi connectivity index (χ0v) is 14.7. The number of nitrogens with zero attached hydrogens (tertiary/aromatic N) is 3. The van der Waals surface area contributed by atoms with Crippen LogP contribution in [-0.2, 0) is 11.2 Å². The molecule has 7 heteroatoms. The zero-order valence-electron chi connectivity index (χ0n) is 14.7. The second-order valence-corrected chi connectivity index (χ2v) is 6.39. The summed E-state index contributed by atoms with van der Waals surface area (Å²) in [6, 6.07) is 7.33. The molecule has 0 fully saturated rings. The minimum Gasteiger partial charge on any atom is -0.321 e. The van der Waals surface area contributed by atoms with Crippen molar-refractivity contribution >= 4 is 34.2 Å². The average Bonchev–Trinajstić information content (AvgIpc) is 3.24. The summed E-state index contributed by atoms with van der Waals surface area (Å²) in [5.74, 6) is -0.0915. The smallest absolute Gasteiger partial charge is 0.255 e. The number of carbonyl (C=O) groups excluding carboxylic acids is 2. The molecule has 4 rings (SSSR count). The lowest BCUT2D eigenvalue weighted by Crippen LogP contribution is -2.27. The number of anilines is 2. The minimum atomic E-state index is -0.199. The van der Waals surface area contributed by atoms with Gasteiger partial charge in [-0.05, 0) is 43.2 Å². The van der Waals surface area contributed by atoms with Crippen LogP contribution in [0.4, 0.5) is 11.4 Å². The number of hydrogen-bond acceptors (Lipinski definition) is 4. The van der Waals surface area contributed by atoms with Gasteiger partial charge in [0.15, 0.2) is 5.65 Å². The van der Waals surface area contributed by atoms with Crippen LogP contribution in [0, 0.1) is 6.92 Å². The minimum absolute atomic E-state index is 0.107. The maximum absolute atomic E-state index is 12.6. The Hall–Kier alpha value is -3.22. The SMILES string of the molecule is CCC(=O)N1CCc2cc(C(=O)Nc3cnc4n[nH]c(C)c4c3)ccc21. The molecule has 2 N–H and O–H groups in total. The fraction of sp³-hybridized carbons (Fsp3) is 0.263. The van der Waals surface area contributed by atoms with Crippen molar-refractivity contribution in [2.24, 2.45) is 0 Å².